The predicted molar refractivity (Wildman–Crippen MR) is 113 cm³/mol. The minimum Gasteiger partial charge on any atom is -0.398 e. The molecule has 27 heavy (non-hydrogen) atoms. The Labute approximate surface area is 160 Å². The number of nitrogens with one attached hydrogen (secondary N) is 2. The highest BCUT2D eigenvalue weighted by molar-refractivity contribution is 6.13. The second-order valence-corrected chi connectivity index (χ2v) is 6.62. The highest BCUT2D eigenvalue weighted by atomic mass is 16.1. The molecule has 0 aliphatic carbocycles. The molecule has 0 atom stereocenters. The Balaban J connectivity index is 2.91. The lowest BCUT2D eigenvalue weighted by atomic mass is 9.99. The third-order valence-corrected chi connectivity index (χ3v) is 3.72. The Hall–Kier alpha value is -3.28. The third-order valence-electron chi connectivity index (χ3n) is 3.72. The average Bonchev–Trinajstić information content (AvgIpc) is 2.63. The zero-order valence-electron chi connectivity index (χ0n) is 16.0. The van der Waals surface area contributed by atoms with E-state index in [-0.39, 0.29) is 11.5 Å². The molecule has 0 saturated heterocycles. The van der Waals surface area contributed by atoms with E-state index in [2.05, 4.69) is 11.6 Å². The summed E-state index contributed by atoms with van der Waals surface area (Å²) in [6, 6.07) is 6.69. The standard InChI is InChI=1S/C21H27N5O/c1-13(2)10-19(23)26-21(25)14(3)8-9-18(22)15(4)20(24)17-7-5-6-16(11-17)12-27/h5-9,11-13,24H,4,10,22H2,1-3H3,(H3,23,25,26)/b14-8+,18-9+,24-20?. The van der Waals surface area contributed by atoms with Crippen LogP contribution >= 0.6 is 0 Å². The molecule has 1 rings (SSSR count). The molecule has 0 unspecified atom stereocenters. The second-order valence-electron chi connectivity index (χ2n) is 6.62. The number of amidine groups is 2. The molecule has 1 aromatic rings. The molecule has 1 aromatic carbocycles. The summed E-state index contributed by atoms with van der Waals surface area (Å²) < 4.78 is 0. The fraction of sp³-hybridized carbons (Fsp3) is 0.238. The molecular formula is C21H27N5O. The van der Waals surface area contributed by atoms with Crippen molar-refractivity contribution in [3.8, 4) is 0 Å². The maximum absolute atomic E-state index is 10.9. The van der Waals surface area contributed by atoms with Crippen molar-refractivity contribution in [2.45, 2.75) is 27.2 Å². The normalized spacial score (nSPS) is 12.8. The minimum atomic E-state index is 0.0663. The number of hydrogen-bond acceptors (Lipinski definition) is 4. The second kappa shape index (κ2) is 10.0. The summed E-state index contributed by atoms with van der Waals surface area (Å²) in [6.07, 6.45) is 4.58. The number of carbonyl (C=O) groups excluding carboxylic acids is 1. The van der Waals surface area contributed by atoms with Crippen LogP contribution in [0.5, 0.6) is 0 Å². The first kappa shape index (κ1) is 21.8. The Morgan fingerprint density at radius 2 is 1.93 bits per heavy atom. The number of rotatable bonds is 8. The molecule has 0 fully saturated rings. The van der Waals surface area contributed by atoms with E-state index in [4.69, 9.17) is 22.3 Å². The summed E-state index contributed by atoms with van der Waals surface area (Å²) >= 11 is 0. The first-order valence-electron chi connectivity index (χ1n) is 8.55. The first-order valence-corrected chi connectivity index (χ1v) is 8.55. The van der Waals surface area contributed by atoms with Gasteiger partial charge in [-0.15, -0.1) is 0 Å². The molecule has 0 amide bonds. The van der Waals surface area contributed by atoms with Crippen molar-refractivity contribution < 1.29 is 4.79 Å². The Morgan fingerprint density at radius 3 is 2.52 bits per heavy atom. The van der Waals surface area contributed by atoms with Gasteiger partial charge in [-0.05, 0) is 30.6 Å². The van der Waals surface area contributed by atoms with Gasteiger partial charge in [-0.2, -0.15) is 0 Å². The van der Waals surface area contributed by atoms with Gasteiger partial charge in [0.2, 0.25) is 0 Å². The Kier molecular flexibility index (Phi) is 8.07. The number of aldehydes is 1. The summed E-state index contributed by atoms with van der Waals surface area (Å²) in [5.41, 5.74) is 14.2. The molecule has 0 bridgehead atoms. The van der Waals surface area contributed by atoms with Gasteiger partial charge in [-0.3, -0.25) is 15.6 Å². The molecule has 142 valence electrons. The lowest BCUT2D eigenvalue weighted by Crippen LogP contribution is -2.16. The van der Waals surface area contributed by atoms with E-state index in [9.17, 15) is 4.79 Å². The van der Waals surface area contributed by atoms with E-state index in [0.717, 1.165) is 6.29 Å². The molecule has 6 nitrogen and oxygen atoms in total. The van der Waals surface area contributed by atoms with Crippen molar-refractivity contribution in [2.75, 3.05) is 0 Å². The number of benzene rings is 1. The zero-order valence-corrected chi connectivity index (χ0v) is 16.0. The number of nitrogens with zero attached hydrogens (tertiary/aromatic N) is 1. The Bertz CT molecular complexity index is 844. The van der Waals surface area contributed by atoms with Crippen LogP contribution < -0.4 is 11.5 Å². The van der Waals surface area contributed by atoms with Gasteiger partial charge in [0.15, 0.2) is 0 Å². The summed E-state index contributed by atoms with van der Waals surface area (Å²) in [6.45, 7) is 9.65. The summed E-state index contributed by atoms with van der Waals surface area (Å²) in [5.74, 6) is 0.853. The predicted octanol–water partition coefficient (Wildman–Crippen LogP) is 3.59. The van der Waals surface area contributed by atoms with Gasteiger partial charge < -0.3 is 11.5 Å². The highest BCUT2D eigenvalue weighted by Gasteiger charge is 2.09. The van der Waals surface area contributed by atoms with E-state index >= 15 is 0 Å². The van der Waals surface area contributed by atoms with Crippen LogP contribution in [-0.2, 0) is 0 Å². The average molecular weight is 365 g/mol. The van der Waals surface area contributed by atoms with Crippen molar-refractivity contribution in [3.05, 3.63) is 71.0 Å². The van der Waals surface area contributed by atoms with Gasteiger partial charge in [-0.25, -0.2) is 4.99 Å². The number of aliphatic imine (C=N–C) groups is 1. The maximum Gasteiger partial charge on any atom is 0.150 e. The topological polar surface area (TPSA) is 129 Å². The van der Waals surface area contributed by atoms with Crippen LogP contribution in [-0.4, -0.2) is 23.7 Å². The molecule has 6 N–H and O–H groups in total. The summed E-state index contributed by atoms with van der Waals surface area (Å²) in [7, 11) is 0. The van der Waals surface area contributed by atoms with Crippen LogP contribution in [0.1, 0.15) is 43.1 Å². The van der Waals surface area contributed by atoms with Crippen LogP contribution in [0.4, 0.5) is 0 Å². The Morgan fingerprint density at radius 1 is 1.26 bits per heavy atom. The van der Waals surface area contributed by atoms with Gasteiger partial charge in [0.05, 0.1) is 5.71 Å². The van der Waals surface area contributed by atoms with Crippen molar-refractivity contribution in [1.29, 1.82) is 10.8 Å². The maximum atomic E-state index is 10.9. The van der Waals surface area contributed by atoms with Crippen molar-refractivity contribution in [2.24, 2.45) is 22.4 Å². The van der Waals surface area contributed by atoms with Gasteiger partial charge in [-0.1, -0.05) is 44.7 Å². The molecule has 0 aliphatic rings. The minimum absolute atomic E-state index is 0.0663. The molecule has 0 aromatic heterocycles. The first-order chi connectivity index (χ1) is 12.6. The van der Waals surface area contributed by atoms with Crippen molar-refractivity contribution >= 4 is 23.7 Å². The molecule has 0 heterocycles. The number of nitrogens with two attached hydrogens (primary N) is 2. The van der Waals surface area contributed by atoms with Crippen LogP contribution in [0, 0.1) is 16.7 Å². The molecule has 0 radical (unpaired) electrons. The van der Waals surface area contributed by atoms with Gasteiger partial charge in [0.25, 0.3) is 0 Å². The molecule has 0 spiro atoms. The molecule has 6 heteroatoms. The fourth-order valence-electron chi connectivity index (χ4n) is 2.18. The fourth-order valence-corrected chi connectivity index (χ4v) is 2.18. The number of allylic oxidation sites excluding steroid dienone is 3. The quantitative estimate of drug-likeness (QED) is 0.243. The van der Waals surface area contributed by atoms with E-state index in [1.165, 1.54) is 0 Å². The SMILES string of the molecule is C=C(C(=N)c1cccc(C=O)c1)/C(N)=C\C=C(/C)C(=N)N=C(N)CC(C)C. The van der Waals surface area contributed by atoms with Crippen LogP contribution in [0.25, 0.3) is 0 Å². The summed E-state index contributed by atoms with van der Waals surface area (Å²) in [5, 5.41) is 16.2. The van der Waals surface area contributed by atoms with Gasteiger partial charge >= 0.3 is 0 Å². The third kappa shape index (κ3) is 6.86. The molecular weight excluding hydrogens is 338 g/mol. The van der Waals surface area contributed by atoms with E-state index in [0.29, 0.717) is 46.1 Å². The van der Waals surface area contributed by atoms with Crippen LogP contribution in [0.3, 0.4) is 0 Å². The van der Waals surface area contributed by atoms with Crippen LogP contribution in [0.2, 0.25) is 0 Å². The van der Waals surface area contributed by atoms with Gasteiger partial charge in [0, 0.05) is 28.8 Å². The van der Waals surface area contributed by atoms with Crippen molar-refractivity contribution in [1.82, 2.24) is 0 Å². The highest BCUT2D eigenvalue weighted by Crippen LogP contribution is 2.13. The molecule has 0 aliphatic heterocycles. The smallest absolute Gasteiger partial charge is 0.150 e. The van der Waals surface area contributed by atoms with Crippen molar-refractivity contribution in [3.63, 3.8) is 0 Å². The zero-order chi connectivity index (χ0) is 20.6. The number of hydrogen-bond donors (Lipinski definition) is 4. The monoisotopic (exact) mass is 365 g/mol. The van der Waals surface area contributed by atoms with Crippen LogP contribution in [0.15, 0.2) is 64.8 Å². The van der Waals surface area contributed by atoms with Gasteiger partial charge in [0.1, 0.15) is 18.0 Å². The number of carbonyl (C=O) groups is 1. The van der Waals surface area contributed by atoms with E-state index < -0.39 is 0 Å². The summed E-state index contributed by atoms with van der Waals surface area (Å²) in [4.78, 5) is 15.0. The lowest BCUT2D eigenvalue weighted by molar-refractivity contribution is 0.112. The lowest BCUT2D eigenvalue weighted by Gasteiger charge is -2.09. The molecule has 0 saturated carbocycles. The van der Waals surface area contributed by atoms with E-state index in [1.807, 2.05) is 13.8 Å². The largest absolute Gasteiger partial charge is 0.398 e. The van der Waals surface area contributed by atoms with E-state index in [1.54, 1.807) is 43.3 Å².